The van der Waals surface area contributed by atoms with Crippen molar-refractivity contribution < 1.29 is 33.3 Å². The number of ether oxygens (including phenoxy) is 5. The van der Waals surface area contributed by atoms with Crippen LogP contribution in [-0.4, -0.2) is 39.4 Å². The summed E-state index contributed by atoms with van der Waals surface area (Å²) >= 11 is 0. The van der Waals surface area contributed by atoms with Crippen LogP contribution in [0, 0.1) is 0 Å². The summed E-state index contributed by atoms with van der Waals surface area (Å²) in [5.41, 5.74) is 5.75. The Balaban J connectivity index is 1.48. The summed E-state index contributed by atoms with van der Waals surface area (Å²) in [6, 6.07) is 15.2. The lowest BCUT2D eigenvalue weighted by Crippen LogP contribution is -2.18. The van der Waals surface area contributed by atoms with Crippen molar-refractivity contribution in [3.05, 3.63) is 82.4 Å². The normalized spacial score (nSPS) is 12.2. The van der Waals surface area contributed by atoms with Gasteiger partial charge in [-0.05, 0) is 47.5 Å². The quantitative estimate of drug-likeness (QED) is 0.229. The van der Waals surface area contributed by atoms with Crippen molar-refractivity contribution in [2.24, 2.45) is 5.10 Å². The molecule has 1 amide bonds. The zero-order valence-electron chi connectivity index (χ0n) is 19.5. The van der Waals surface area contributed by atoms with Crippen molar-refractivity contribution in [1.29, 1.82) is 0 Å². The first-order valence-electron chi connectivity index (χ1n) is 10.7. The van der Waals surface area contributed by atoms with Crippen molar-refractivity contribution >= 4 is 18.1 Å². The molecule has 3 aromatic carbocycles. The molecule has 0 saturated carbocycles. The monoisotopic (exact) mass is 476 g/mol. The van der Waals surface area contributed by atoms with Gasteiger partial charge in [-0.3, -0.25) is 4.79 Å². The van der Waals surface area contributed by atoms with Gasteiger partial charge in [-0.1, -0.05) is 18.2 Å². The number of esters is 1. The maximum Gasteiger partial charge on any atom is 0.343 e. The third-order valence-electron chi connectivity index (χ3n) is 5.38. The van der Waals surface area contributed by atoms with Gasteiger partial charge >= 0.3 is 5.97 Å². The Kier molecular flexibility index (Phi) is 7.27. The second-order valence-corrected chi connectivity index (χ2v) is 7.52. The summed E-state index contributed by atoms with van der Waals surface area (Å²) in [4.78, 5) is 25.3. The van der Waals surface area contributed by atoms with Crippen LogP contribution in [0.5, 0.6) is 23.0 Å². The number of para-hydroxylation sites is 1. The molecule has 0 bridgehead atoms. The van der Waals surface area contributed by atoms with Crippen LogP contribution in [0.25, 0.3) is 0 Å². The van der Waals surface area contributed by atoms with Crippen molar-refractivity contribution in [3.63, 3.8) is 0 Å². The zero-order valence-corrected chi connectivity index (χ0v) is 19.5. The average molecular weight is 476 g/mol. The van der Waals surface area contributed by atoms with E-state index in [4.69, 9.17) is 23.7 Å². The Morgan fingerprint density at radius 3 is 2.29 bits per heavy atom. The first-order valence-corrected chi connectivity index (χ1v) is 10.7. The van der Waals surface area contributed by atoms with E-state index in [1.807, 2.05) is 6.07 Å². The van der Waals surface area contributed by atoms with E-state index in [9.17, 15) is 9.59 Å². The van der Waals surface area contributed by atoms with Crippen molar-refractivity contribution in [2.45, 2.75) is 13.2 Å². The number of methoxy groups -OCH3 is 3. The molecule has 35 heavy (non-hydrogen) atoms. The number of nitrogens with one attached hydrogen (secondary N) is 1. The van der Waals surface area contributed by atoms with Crippen LogP contribution >= 0.6 is 0 Å². The predicted octanol–water partition coefficient (Wildman–Crippen LogP) is 3.73. The van der Waals surface area contributed by atoms with Gasteiger partial charge < -0.3 is 23.7 Å². The Morgan fingerprint density at radius 1 is 0.857 bits per heavy atom. The highest BCUT2D eigenvalue weighted by Crippen LogP contribution is 2.38. The summed E-state index contributed by atoms with van der Waals surface area (Å²) < 4.78 is 26.9. The standard InChI is InChI=1S/C26H24N2O7/c1-31-22-11-19(12-23(32-2)24(22)33-3)26(30)35-21-7-5-4-6-17(21)13-27-28-25(29)16-8-9-18-14-34-15-20(18)10-16/h4-13H,14-15H2,1-3H3,(H,28,29)/b27-13-. The number of benzene rings is 3. The Hall–Kier alpha value is -4.37. The third-order valence-corrected chi connectivity index (χ3v) is 5.38. The summed E-state index contributed by atoms with van der Waals surface area (Å²) in [6.45, 7) is 1.05. The largest absolute Gasteiger partial charge is 0.493 e. The smallest absolute Gasteiger partial charge is 0.343 e. The lowest BCUT2D eigenvalue weighted by Gasteiger charge is -2.14. The van der Waals surface area contributed by atoms with Crippen molar-refractivity contribution in [3.8, 4) is 23.0 Å². The first-order chi connectivity index (χ1) is 17.0. The molecule has 0 radical (unpaired) electrons. The fourth-order valence-corrected chi connectivity index (χ4v) is 3.58. The van der Waals surface area contributed by atoms with Crippen LogP contribution < -0.4 is 24.4 Å². The first kappa shape index (κ1) is 23.8. The van der Waals surface area contributed by atoms with Gasteiger partial charge in [0.25, 0.3) is 5.91 Å². The number of rotatable bonds is 8. The number of amides is 1. The molecule has 3 aromatic rings. The highest BCUT2D eigenvalue weighted by atomic mass is 16.5. The number of carbonyl (C=O) groups is 2. The number of fused-ring (bicyclic) bond motifs is 1. The van der Waals surface area contributed by atoms with Crippen LogP contribution in [0.1, 0.15) is 37.4 Å². The Labute approximate surface area is 202 Å². The van der Waals surface area contributed by atoms with Gasteiger partial charge in [0.1, 0.15) is 5.75 Å². The number of carbonyl (C=O) groups excluding carboxylic acids is 2. The van der Waals surface area contributed by atoms with Gasteiger partial charge in [0.05, 0.1) is 46.3 Å². The molecule has 1 heterocycles. The molecule has 180 valence electrons. The average Bonchev–Trinajstić information content (AvgIpc) is 3.36. The minimum Gasteiger partial charge on any atom is -0.493 e. The second-order valence-electron chi connectivity index (χ2n) is 7.52. The van der Waals surface area contributed by atoms with Crippen LogP contribution in [0.3, 0.4) is 0 Å². The zero-order chi connectivity index (χ0) is 24.8. The minimum absolute atomic E-state index is 0.208. The van der Waals surface area contributed by atoms with E-state index < -0.39 is 5.97 Å². The molecule has 0 saturated heterocycles. The van der Waals surface area contributed by atoms with E-state index in [1.165, 1.54) is 39.7 Å². The lowest BCUT2D eigenvalue weighted by atomic mass is 10.1. The molecule has 4 rings (SSSR count). The maximum absolute atomic E-state index is 12.9. The molecule has 0 fully saturated rings. The van der Waals surface area contributed by atoms with Crippen LogP contribution in [0.4, 0.5) is 0 Å². The fraction of sp³-hybridized carbons (Fsp3) is 0.192. The summed E-state index contributed by atoms with van der Waals surface area (Å²) in [6.07, 6.45) is 1.41. The third kappa shape index (κ3) is 5.25. The number of nitrogens with zero attached hydrogens (tertiary/aromatic N) is 1. The molecule has 9 nitrogen and oxygen atoms in total. The second kappa shape index (κ2) is 10.7. The SMILES string of the molecule is COc1cc(C(=O)Oc2ccccc2/C=N\NC(=O)c2ccc3c(c2)COC3)cc(OC)c1OC. The molecule has 1 N–H and O–H groups in total. The number of hydrogen-bond donors (Lipinski definition) is 1. The fourth-order valence-electron chi connectivity index (χ4n) is 3.58. The van der Waals surface area contributed by atoms with Gasteiger partial charge in [0, 0.05) is 11.1 Å². The molecule has 0 spiro atoms. The highest BCUT2D eigenvalue weighted by molar-refractivity contribution is 5.96. The van der Waals surface area contributed by atoms with Crippen LogP contribution in [0.2, 0.25) is 0 Å². The van der Waals surface area contributed by atoms with E-state index in [-0.39, 0.29) is 17.2 Å². The molecular weight excluding hydrogens is 452 g/mol. The van der Waals surface area contributed by atoms with Gasteiger partial charge in [-0.25, -0.2) is 10.2 Å². The van der Waals surface area contributed by atoms with Crippen LogP contribution in [0.15, 0.2) is 59.7 Å². The molecule has 0 unspecified atom stereocenters. The summed E-state index contributed by atoms with van der Waals surface area (Å²) in [5.74, 6) is 0.297. The molecular formula is C26H24N2O7. The topological polar surface area (TPSA) is 105 Å². The Morgan fingerprint density at radius 2 is 1.57 bits per heavy atom. The molecule has 0 aliphatic carbocycles. The van der Waals surface area contributed by atoms with Gasteiger partial charge in [0.2, 0.25) is 5.75 Å². The summed E-state index contributed by atoms with van der Waals surface area (Å²) in [7, 11) is 4.40. The van der Waals surface area contributed by atoms with Crippen molar-refractivity contribution in [2.75, 3.05) is 21.3 Å². The van der Waals surface area contributed by atoms with Gasteiger partial charge in [-0.2, -0.15) is 5.10 Å². The predicted molar refractivity (Wildman–Crippen MR) is 127 cm³/mol. The van der Waals surface area contributed by atoms with Crippen molar-refractivity contribution in [1.82, 2.24) is 5.43 Å². The molecule has 9 heteroatoms. The van der Waals surface area contributed by atoms with E-state index in [0.717, 1.165) is 11.1 Å². The van der Waals surface area contributed by atoms with Gasteiger partial charge in [0.15, 0.2) is 11.5 Å². The highest BCUT2D eigenvalue weighted by Gasteiger charge is 2.19. The van der Waals surface area contributed by atoms with Crippen LogP contribution in [-0.2, 0) is 18.0 Å². The number of hydrogen-bond acceptors (Lipinski definition) is 8. The van der Waals surface area contributed by atoms with E-state index in [2.05, 4.69) is 10.5 Å². The maximum atomic E-state index is 12.9. The minimum atomic E-state index is -0.630. The molecule has 1 aliphatic rings. The molecule has 1 aliphatic heterocycles. The lowest BCUT2D eigenvalue weighted by molar-refractivity contribution is 0.0733. The van der Waals surface area contributed by atoms with Gasteiger partial charge in [-0.15, -0.1) is 0 Å². The molecule has 0 atom stereocenters. The number of hydrazone groups is 1. The van der Waals surface area contributed by atoms with E-state index in [1.54, 1.807) is 36.4 Å². The van der Waals surface area contributed by atoms with E-state index in [0.29, 0.717) is 41.6 Å². The van der Waals surface area contributed by atoms with E-state index >= 15 is 0 Å². The Bertz CT molecular complexity index is 1260. The summed E-state index contributed by atoms with van der Waals surface area (Å²) in [5, 5.41) is 4.03. The molecule has 0 aromatic heterocycles.